The topological polar surface area (TPSA) is 0 Å². The summed E-state index contributed by atoms with van der Waals surface area (Å²) >= 11 is 0. The van der Waals surface area contributed by atoms with Crippen LogP contribution in [0.1, 0.15) is 33.4 Å². The lowest BCUT2D eigenvalue weighted by Crippen LogP contribution is -2.01. The molecule has 0 atom stereocenters. The van der Waals surface area contributed by atoms with Crippen molar-refractivity contribution >= 4 is 43.1 Å². The molecule has 0 heterocycles. The first-order valence-electron chi connectivity index (χ1n) is 24.7. The Bertz CT molecular complexity index is 3620. The van der Waals surface area contributed by atoms with Gasteiger partial charge in [-0.2, -0.15) is 0 Å². The molecule has 0 saturated carbocycles. The summed E-state index contributed by atoms with van der Waals surface area (Å²) in [5.41, 5.74) is 25.7. The second kappa shape index (κ2) is 17.3. The summed E-state index contributed by atoms with van der Waals surface area (Å²) in [6.07, 6.45) is 0. The lowest BCUT2D eigenvalue weighted by Gasteiger charge is -2.24. The van der Waals surface area contributed by atoms with E-state index in [1.54, 1.807) is 0 Å². The van der Waals surface area contributed by atoms with Crippen LogP contribution in [0.4, 0.5) is 0 Å². The van der Waals surface area contributed by atoms with E-state index in [1.807, 2.05) is 0 Å². The largest absolute Gasteiger partial charge is 0.0622 e. The quantitative estimate of drug-likeness (QED) is 0.140. The van der Waals surface area contributed by atoms with E-state index in [0.717, 1.165) is 0 Å². The summed E-state index contributed by atoms with van der Waals surface area (Å²) in [5, 5.41) is 10.2. The first-order valence-corrected chi connectivity index (χ1v) is 24.7. The van der Waals surface area contributed by atoms with Crippen LogP contribution >= 0.6 is 0 Å². The first kappa shape index (κ1) is 43.0. The molecule has 0 aromatic heterocycles. The number of fused-ring (bicyclic) bond motifs is 4. The van der Waals surface area contributed by atoms with Crippen molar-refractivity contribution in [1.82, 2.24) is 0 Å². The van der Waals surface area contributed by atoms with Crippen LogP contribution < -0.4 is 0 Å². The van der Waals surface area contributed by atoms with Crippen LogP contribution in [0.3, 0.4) is 0 Å². The maximum atomic E-state index is 2.40. The minimum atomic E-state index is 1.23. The zero-order chi connectivity index (χ0) is 47.6. The molecule has 0 unspecified atom stereocenters. The molecule has 0 bridgehead atoms. The third-order valence-corrected chi connectivity index (χ3v) is 15.1. The highest BCUT2D eigenvalue weighted by Gasteiger charge is 2.23. The second-order valence-corrected chi connectivity index (χ2v) is 19.3. The number of rotatable bonds is 7. The molecule has 0 saturated heterocycles. The van der Waals surface area contributed by atoms with E-state index >= 15 is 0 Å². The van der Waals surface area contributed by atoms with Crippen LogP contribution in [0.5, 0.6) is 0 Å². The summed E-state index contributed by atoms with van der Waals surface area (Å²) in [6.45, 7) is 13.8. The fraction of sp³-hybridized carbons (Fsp3) is 0.0857. The molecule has 12 rings (SSSR count). The molecule has 0 aliphatic heterocycles. The van der Waals surface area contributed by atoms with Crippen LogP contribution in [0.15, 0.2) is 218 Å². The monoisotopic (exact) mass is 894 g/mol. The molecule has 70 heavy (non-hydrogen) atoms. The normalized spacial score (nSPS) is 11.6. The van der Waals surface area contributed by atoms with Crippen molar-refractivity contribution in [2.24, 2.45) is 0 Å². The summed E-state index contributed by atoms with van der Waals surface area (Å²) in [4.78, 5) is 0. The van der Waals surface area contributed by atoms with Crippen molar-refractivity contribution < 1.29 is 0 Å². The van der Waals surface area contributed by atoms with Crippen molar-refractivity contribution in [3.63, 3.8) is 0 Å². The molecule has 334 valence electrons. The molecule has 0 spiro atoms. The third kappa shape index (κ3) is 6.97. The molecule has 0 heteroatoms. The van der Waals surface area contributed by atoms with Gasteiger partial charge in [0, 0.05) is 0 Å². The van der Waals surface area contributed by atoms with E-state index in [2.05, 4.69) is 260 Å². The third-order valence-electron chi connectivity index (χ3n) is 15.1. The summed E-state index contributed by atoms with van der Waals surface area (Å²) in [5.74, 6) is 0. The highest BCUT2D eigenvalue weighted by molar-refractivity contribution is 6.22. The standard InChI is InChI=1S/C70H54/c1-43-41-45(3)65(47(5)63(43)51-33-37-53(38-34-51)69-59-29-17-13-25-55(59)67(49-21-9-7-10-22-49)56-26-14-18-30-60(56)69)66-46(4)42-44(2)64(48(66)6)52-35-39-54(40-36-52)70-61-31-19-15-27-57(61)68(50-23-11-8-12-24-50)58-28-16-20-32-62(58)70/h7-42H,1-6H3. The van der Waals surface area contributed by atoms with Crippen molar-refractivity contribution in [2.45, 2.75) is 41.5 Å². The fourth-order valence-electron chi connectivity index (χ4n) is 12.3. The Kier molecular flexibility index (Phi) is 10.6. The van der Waals surface area contributed by atoms with E-state index < -0.39 is 0 Å². The Morgan fingerprint density at radius 3 is 0.600 bits per heavy atom. The average Bonchev–Trinajstić information content (AvgIpc) is 3.39. The van der Waals surface area contributed by atoms with E-state index in [0.29, 0.717) is 0 Å². The predicted octanol–water partition coefficient (Wildman–Crippen LogP) is 19.8. The minimum Gasteiger partial charge on any atom is -0.0622 e. The second-order valence-electron chi connectivity index (χ2n) is 19.3. The van der Waals surface area contributed by atoms with Crippen molar-refractivity contribution in [2.75, 3.05) is 0 Å². The summed E-state index contributed by atoms with van der Waals surface area (Å²) in [6, 6.07) is 81.0. The van der Waals surface area contributed by atoms with E-state index in [-0.39, 0.29) is 0 Å². The van der Waals surface area contributed by atoms with Gasteiger partial charge in [-0.15, -0.1) is 0 Å². The molecule has 0 N–H and O–H groups in total. The fourth-order valence-corrected chi connectivity index (χ4v) is 12.3. The molecule has 0 nitrogen and oxygen atoms in total. The number of hydrogen-bond donors (Lipinski definition) is 0. The van der Waals surface area contributed by atoms with Crippen molar-refractivity contribution in [3.8, 4) is 77.9 Å². The SMILES string of the molecule is Cc1cc(C)c(-c2c(C)cc(C)c(-c3ccc(-c4c5ccccc5c(-c5ccccc5)c5ccccc45)cc3)c2C)c(C)c1-c1ccc(-c2c3ccccc3c(-c3ccccc3)c3ccccc23)cc1. The predicted molar refractivity (Wildman–Crippen MR) is 303 cm³/mol. The Labute approximate surface area is 412 Å². The van der Waals surface area contributed by atoms with E-state index in [9.17, 15) is 0 Å². The Morgan fingerprint density at radius 1 is 0.171 bits per heavy atom. The highest BCUT2D eigenvalue weighted by atomic mass is 14.3. The van der Waals surface area contributed by atoms with Crippen molar-refractivity contribution in [3.05, 3.63) is 252 Å². The zero-order valence-electron chi connectivity index (χ0n) is 40.8. The first-order chi connectivity index (χ1) is 34.3. The maximum Gasteiger partial charge on any atom is -0.00264 e. The lowest BCUT2D eigenvalue weighted by atomic mass is 9.80. The van der Waals surface area contributed by atoms with Crippen LogP contribution in [0, 0.1) is 41.5 Å². The summed E-state index contributed by atoms with van der Waals surface area (Å²) < 4.78 is 0. The van der Waals surface area contributed by atoms with Gasteiger partial charge in [-0.3, -0.25) is 0 Å². The molecule has 12 aromatic rings. The van der Waals surface area contributed by atoms with Gasteiger partial charge in [0.2, 0.25) is 0 Å². The number of aryl methyl sites for hydroxylation is 4. The molecular weight excluding hydrogens is 841 g/mol. The average molecular weight is 895 g/mol. The molecule has 0 radical (unpaired) electrons. The van der Waals surface area contributed by atoms with Gasteiger partial charge in [-0.25, -0.2) is 0 Å². The van der Waals surface area contributed by atoms with E-state index in [1.165, 1.54) is 154 Å². The van der Waals surface area contributed by atoms with Crippen LogP contribution in [-0.4, -0.2) is 0 Å². The van der Waals surface area contributed by atoms with Gasteiger partial charge >= 0.3 is 0 Å². The van der Waals surface area contributed by atoms with Crippen LogP contribution in [0.25, 0.3) is 121 Å². The summed E-state index contributed by atoms with van der Waals surface area (Å²) in [7, 11) is 0. The molecule has 0 aliphatic carbocycles. The smallest absolute Gasteiger partial charge is 0.00264 e. The van der Waals surface area contributed by atoms with Crippen LogP contribution in [0.2, 0.25) is 0 Å². The minimum absolute atomic E-state index is 1.23. The van der Waals surface area contributed by atoms with E-state index in [4.69, 9.17) is 0 Å². The van der Waals surface area contributed by atoms with Gasteiger partial charge in [-0.1, -0.05) is 218 Å². The maximum absolute atomic E-state index is 2.40. The van der Waals surface area contributed by atoms with Gasteiger partial charge in [0.25, 0.3) is 0 Å². The lowest BCUT2D eigenvalue weighted by molar-refractivity contribution is 1.27. The van der Waals surface area contributed by atoms with Crippen LogP contribution in [-0.2, 0) is 0 Å². The molecule has 0 fully saturated rings. The van der Waals surface area contributed by atoms with Gasteiger partial charge < -0.3 is 0 Å². The Balaban J connectivity index is 0.950. The Morgan fingerprint density at radius 2 is 0.357 bits per heavy atom. The molecule has 12 aromatic carbocycles. The molecule has 0 amide bonds. The number of hydrogen-bond acceptors (Lipinski definition) is 0. The van der Waals surface area contributed by atoms with Gasteiger partial charge in [-0.05, 0) is 196 Å². The highest BCUT2D eigenvalue weighted by Crippen LogP contribution is 2.48. The Hall–Kier alpha value is -8.32. The molecule has 0 aliphatic rings. The molecular formula is C70H54. The number of benzene rings is 12. The van der Waals surface area contributed by atoms with Crippen molar-refractivity contribution in [1.29, 1.82) is 0 Å². The van der Waals surface area contributed by atoms with Gasteiger partial charge in [0.15, 0.2) is 0 Å². The zero-order valence-corrected chi connectivity index (χ0v) is 40.8. The van der Waals surface area contributed by atoms with Gasteiger partial charge in [0.05, 0.1) is 0 Å². The van der Waals surface area contributed by atoms with Gasteiger partial charge in [0.1, 0.15) is 0 Å².